The molecule has 0 aliphatic heterocycles. The summed E-state index contributed by atoms with van der Waals surface area (Å²) in [5.74, 6) is 1.20. The van der Waals surface area contributed by atoms with Gasteiger partial charge in [-0.2, -0.15) is 0 Å². The zero-order valence-corrected chi connectivity index (χ0v) is 12.6. The fourth-order valence-electron chi connectivity index (χ4n) is 2.45. The fraction of sp³-hybridized carbons (Fsp3) is 0.643. The Balaban J connectivity index is 1.94. The Bertz CT molecular complexity index is 320. The molecule has 0 radical (unpaired) electrons. The molecule has 0 unspecified atom stereocenters. The molecule has 0 atom stereocenters. The molecule has 1 aliphatic rings. The van der Waals surface area contributed by atoms with Crippen LogP contribution in [0.15, 0.2) is 29.4 Å². The van der Waals surface area contributed by atoms with E-state index in [2.05, 4.69) is 33.0 Å². The van der Waals surface area contributed by atoms with Crippen molar-refractivity contribution in [3.05, 3.63) is 24.4 Å². The van der Waals surface area contributed by atoms with Gasteiger partial charge in [-0.3, -0.25) is 0 Å². The summed E-state index contributed by atoms with van der Waals surface area (Å²) in [6.07, 6.45) is 10.3. The van der Waals surface area contributed by atoms with Gasteiger partial charge >= 0.3 is 0 Å². The van der Waals surface area contributed by atoms with Gasteiger partial charge in [0.05, 0.1) is 5.03 Å². The van der Waals surface area contributed by atoms with E-state index in [-0.39, 0.29) is 0 Å². The summed E-state index contributed by atoms with van der Waals surface area (Å²) < 4.78 is 0. The Hall–Kier alpha value is -0.0200. The van der Waals surface area contributed by atoms with E-state index < -0.39 is 0 Å². The Labute approximate surface area is 117 Å². The van der Waals surface area contributed by atoms with Gasteiger partial charge in [0.1, 0.15) is 0 Å². The van der Waals surface area contributed by atoms with Gasteiger partial charge in [-0.05, 0) is 30.4 Å². The number of hydrogen-bond donors (Lipinski definition) is 0. The average molecular weight is 314 g/mol. The predicted molar refractivity (Wildman–Crippen MR) is 78.9 cm³/mol. The SMILES string of the molecule is BrCC1(CSc2ccccn2)CCCCCC1. The van der Waals surface area contributed by atoms with Gasteiger partial charge in [0, 0.05) is 17.3 Å². The Morgan fingerprint density at radius 3 is 2.53 bits per heavy atom. The largest absolute Gasteiger partial charge is 0.250 e. The molecule has 17 heavy (non-hydrogen) atoms. The maximum atomic E-state index is 4.40. The topological polar surface area (TPSA) is 12.9 Å². The lowest BCUT2D eigenvalue weighted by molar-refractivity contribution is 0.334. The highest BCUT2D eigenvalue weighted by molar-refractivity contribution is 9.09. The first kappa shape index (κ1) is 13.4. The van der Waals surface area contributed by atoms with Crippen LogP contribution in [-0.2, 0) is 0 Å². The van der Waals surface area contributed by atoms with Crippen molar-refractivity contribution >= 4 is 27.7 Å². The highest BCUT2D eigenvalue weighted by Gasteiger charge is 2.29. The van der Waals surface area contributed by atoms with Crippen LogP contribution >= 0.6 is 27.7 Å². The van der Waals surface area contributed by atoms with Crippen molar-refractivity contribution in [1.29, 1.82) is 0 Å². The molecular weight excluding hydrogens is 294 g/mol. The molecule has 1 saturated carbocycles. The van der Waals surface area contributed by atoms with Crippen LogP contribution in [0.1, 0.15) is 38.5 Å². The molecule has 1 aromatic rings. The molecule has 94 valence electrons. The Morgan fingerprint density at radius 2 is 1.94 bits per heavy atom. The van der Waals surface area contributed by atoms with E-state index >= 15 is 0 Å². The first-order valence-electron chi connectivity index (χ1n) is 6.44. The normalized spacial score (nSPS) is 19.8. The molecule has 0 spiro atoms. The minimum atomic E-state index is 0.499. The summed E-state index contributed by atoms with van der Waals surface area (Å²) in [6, 6.07) is 6.17. The van der Waals surface area contributed by atoms with Crippen molar-refractivity contribution in [2.24, 2.45) is 5.41 Å². The maximum absolute atomic E-state index is 4.40. The second-order valence-corrected chi connectivity index (χ2v) is 6.56. The number of pyridine rings is 1. The van der Waals surface area contributed by atoms with Crippen LogP contribution in [0.4, 0.5) is 0 Å². The van der Waals surface area contributed by atoms with Gasteiger partial charge in [-0.15, -0.1) is 11.8 Å². The average Bonchev–Trinajstić information content (AvgIpc) is 2.64. The second kappa shape index (κ2) is 6.79. The van der Waals surface area contributed by atoms with E-state index in [1.165, 1.54) is 44.3 Å². The minimum absolute atomic E-state index is 0.499. The summed E-state index contributed by atoms with van der Waals surface area (Å²) in [6.45, 7) is 0. The maximum Gasteiger partial charge on any atom is 0.0959 e. The van der Waals surface area contributed by atoms with Gasteiger partial charge in [0.15, 0.2) is 0 Å². The van der Waals surface area contributed by atoms with E-state index in [0.717, 1.165) is 10.4 Å². The number of halogens is 1. The van der Waals surface area contributed by atoms with Crippen LogP contribution in [0, 0.1) is 5.41 Å². The summed E-state index contributed by atoms with van der Waals surface area (Å²) in [5.41, 5.74) is 0.499. The number of rotatable bonds is 4. The van der Waals surface area contributed by atoms with Crippen LogP contribution in [0.25, 0.3) is 0 Å². The molecule has 1 aliphatic carbocycles. The predicted octanol–water partition coefficient (Wildman–Crippen LogP) is 4.91. The zero-order chi connectivity index (χ0) is 12.0. The van der Waals surface area contributed by atoms with E-state index in [1.807, 2.05) is 24.0 Å². The van der Waals surface area contributed by atoms with Crippen molar-refractivity contribution < 1.29 is 0 Å². The van der Waals surface area contributed by atoms with Crippen molar-refractivity contribution in [2.75, 3.05) is 11.1 Å². The molecule has 0 N–H and O–H groups in total. The van der Waals surface area contributed by atoms with Crippen LogP contribution < -0.4 is 0 Å². The van der Waals surface area contributed by atoms with Gasteiger partial charge in [0.25, 0.3) is 0 Å². The van der Waals surface area contributed by atoms with Gasteiger partial charge in [-0.25, -0.2) is 4.98 Å². The van der Waals surface area contributed by atoms with Crippen molar-refractivity contribution in [3.63, 3.8) is 0 Å². The summed E-state index contributed by atoms with van der Waals surface area (Å²) in [5, 5.41) is 2.30. The molecule has 3 heteroatoms. The zero-order valence-electron chi connectivity index (χ0n) is 10.2. The number of aromatic nitrogens is 1. The summed E-state index contributed by atoms with van der Waals surface area (Å²) in [7, 11) is 0. The minimum Gasteiger partial charge on any atom is -0.250 e. The van der Waals surface area contributed by atoms with Gasteiger partial charge in [-0.1, -0.05) is 47.7 Å². The van der Waals surface area contributed by atoms with Crippen LogP contribution in [0.5, 0.6) is 0 Å². The van der Waals surface area contributed by atoms with E-state index in [1.54, 1.807) is 0 Å². The molecule has 0 bridgehead atoms. The first-order valence-corrected chi connectivity index (χ1v) is 8.55. The lowest BCUT2D eigenvalue weighted by atomic mass is 9.85. The van der Waals surface area contributed by atoms with E-state index in [4.69, 9.17) is 0 Å². The smallest absolute Gasteiger partial charge is 0.0959 e. The second-order valence-electron chi connectivity index (χ2n) is 5.00. The molecule has 0 aromatic carbocycles. The molecule has 1 heterocycles. The van der Waals surface area contributed by atoms with Crippen molar-refractivity contribution in [2.45, 2.75) is 43.6 Å². The quantitative estimate of drug-likeness (QED) is 0.445. The molecule has 0 amide bonds. The highest BCUT2D eigenvalue weighted by Crippen LogP contribution is 2.40. The molecule has 2 rings (SSSR count). The lowest BCUT2D eigenvalue weighted by Crippen LogP contribution is -2.25. The first-order chi connectivity index (χ1) is 8.35. The van der Waals surface area contributed by atoms with Gasteiger partial charge in [0.2, 0.25) is 0 Å². The third-order valence-electron chi connectivity index (χ3n) is 3.61. The number of alkyl halides is 1. The van der Waals surface area contributed by atoms with E-state index in [9.17, 15) is 0 Å². The highest BCUT2D eigenvalue weighted by atomic mass is 79.9. The number of hydrogen-bond acceptors (Lipinski definition) is 2. The van der Waals surface area contributed by atoms with Crippen LogP contribution in [0.3, 0.4) is 0 Å². The summed E-state index contributed by atoms with van der Waals surface area (Å²) in [4.78, 5) is 4.40. The third-order valence-corrected chi connectivity index (χ3v) is 6.10. The monoisotopic (exact) mass is 313 g/mol. The van der Waals surface area contributed by atoms with Gasteiger partial charge < -0.3 is 0 Å². The Morgan fingerprint density at radius 1 is 1.18 bits per heavy atom. The van der Waals surface area contributed by atoms with E-state index in [0.29, 0.717) is 5.41 Å². The number of thioether (sulfide) groups is 1. The van der Waals surface area contributed by atoms with Crippen LogP contribution in [-0.4, -0.2) is 16.1 Å². The molecular formula is C14H20BrNS. The standard InChI is InChI=1S/C14H20BrNS/c15-11-14(8-4-1-2-5-9-14)12-17-13-7-3-6-10-16-13/h3,6-7,10H,1-2,4-5,8-9,11-12H2. The molecule has 1 fully saturated rings. The summed E-state index contributed by atoms with van der Waals surface area (Å²) >= 11 is 5.66. The Kier molecular flexibility index (Phi) is 5.36. The molecule has 0 saturated heterocycles. The van der Waals surface area contributed by atoms with Crippen molar-refractivity contribution in [1.82, 2.24) is 4.98 Å². The lowest BCUT2D eigenvalue weighted by Gasteiger charge is -2.30. The third kappa shape index (κ3) is 3.99. The van der Waals surface area contributed by atoms with Crippen LogP contribution in [0.2, 0.25) is 0 Å². The molecule has 1 aromatic heterocycles. The molecule has 1 nitrogen and oxygen atoms in total. The fourth-order valence-corrected chi connectivity index (χ4v) is 4.63. The number of nitrogens with zero attached hydrogens (tertiary/aromatic N) is 1. The van der Waals surface area contributed by atoms with Crippen molar-refractivity contribution in [3.8, 4) is 0 Å².